The topological polar surface area (TPSA) is 44.8 Å². The average Bonchev–Trinajstić information content (AvgIpc) is 2.54. The summed E-state index contributed by atoms with van der Waals surface area (Å²) in [6.07, 6.45) is 0. The lowest BCUT2D eigenvalue weighted by Crippen LogP contribution is -2.52. The molecule has 1 amide bonds. The molecule has 0 aliphatic carbocycles. The minimum Gasteiger partial charge on any atom is -0.497 e. The van der Waals surface area contributed by atoms with Crippen LogP contribution in [0.2, 0.25) is 0 Å². The van der Waals surface area contributed by atoms with Gasteiger partial charge in [0, 0.05) is 39.8 Å². The van der Waals surface area contributed by atoms with E-state index in [-0.39, 0.29) is 11.9 Å². The fraction of sp³-hybridized carbons (Fsp3) is 0.562. The smallest absolute Gasteiger partial charge is 0.239 e. The number of rotatable bonds is 5. The molecule has 5 heteroatoms. The Balaban J connectivity index is 1.94. The Labute approximate surface area is 126 Å². The molecule has 1 heterocycles. The van der Waals surface area contributed by atoms with Crippen LogP contribution in [-0.4, -0.2) is 62.1 Å². The van der Waals surface area contributed by atoms with Crippen molar-refractivity contribution in [2.24, 2.45) is 0 Å². The Morgan fingerprint density at radius 1 is 1.43 bits per heavy atom. The fourth-order valence-corrected chi connectivity index (χ4v) is 2.67. The number of nitrogens with zero attached hydrogens (tertiary/aromatic N) is 2. The number of hydrogen-bond acceptors (Lipinski definition) is 4. The first-order valence-corrected chi connectivity index (χ1v) is 7.44. The summed E-state index contributed by atoms with van der Waals surface area (Å²) in [6, 6.07) is 7.78. The van der Waals surface area contributed by atoms with Crippen LogP contribution in [0.15, 0.2) is 24.3 Å². The van der Waals surface area contributed by atoms with Crippen molar-refractivity contribution in [3.8, 4) is 5.75 Å². The number of ether oxygens (including phenoxy) is 1. The maximum absolute atomic E-state index is 12.5. The van der Waals surface area contributed by atoms with E-state index in [1.807, 2.05) is 38.2 Å². The molecule has 1 aliphatic heterocycles. The van der Waals surface area contributed by atoms with Crippen molar-refractivity contribution in [3.05, 3.63) is 29.8 Å². The van der Waals surface area contributed by atoms with Gasteiger partial charge in [-0.15, -0.1) is 0 Å². The zero-order valence-electron chi connectivity index (χ0n) is 13.1. The largest absolute Gasteiger partial charge is 0.497 e. The number of amides is 1. The highest BCUT2D eigenvalue weighted by Gasteiger charge is 2.25. The second-order valence-corrected chi connectivity index (χ2v) is 5.51. The highest BCUT2D eigenvalue weighted by Crippen LogP contribution is 2.15. The number of likely N-dealkylation sites (N-methyl/N-ethyl adjacent to an activating group) is 1. The Kier molecular flexibility index (Phi) is 5.59. The van der Waals surface area contributed by atoms with Gasteiger partial charge in [-0.3, -0.25) is 9.69 Å². The van der Waals surface area contributed by atoms with Gasteiger partial charge < -0.3 is 15.0 Å². The molecule has 1 atom stereocenters. The molecule has 1 N–H and O–H groups in total. The van der Waals surface area contributed by atoms with E-state index in [2.05, 4.69) is 10.2 Å². The number of hydrogen-bond donors (Lipinski definition) is 1. The lowest BCUT2D eigenvalue weighted by atomic mass is 10.1. The van der Waals surface area contributed by atoms with Crippen molar-refractivity contribution in [1.29, 1.82) is 0 Å². The van der Waals surface area contributed by atoms with Crippen molar-refractivity contribution in [1.82, 2.24) is 15.1 Å². The molecule has 1 saturated heterocycles. The zero-order valence-corrected chi connectivity index (χ0v) is 13.1. The Bertz CT molecular complexity index is 472. The van der Waals surface area contributed by atoms with Gasteiger partial charge in [0.15, 0.2) is 0 Å². The van der Waals surface area contributed by atoms with E-state index in [9.17, 15) is 4.79 Å². The molecule has 116 valence electrons. The van der Waals surface area contributed by atoms with E-state index in [4.69, 9.17) is 4.74 Å². The number of piperazine rings is 1. The number of carbonyl (C=O) groups is 1. The molecule has 2 rings (SSSR count). The molecule has 1 fully saturated rings. The molecule has 1 unspecified atom stereocenters. The van der Waals surface area contributed by atoms with Gasteiger partial charge in [0.1, 0.15) is 5.75 Å². The summed E-state index contributed by atoms with van der Waals surface area (Å²) < 4.78 is 5.22. The molecule has 1 aromatic carbocycles. The maximum atomic E-state index is 12.5. The second kappa shape index (κ2) is 7.43. The first kappa shape index (κ1) is 15.8. The third-order valence-corrected chi connectivity index (χ3v) is 3.99. The van der Waals surface area contributed by atoms with Crippen molar-refractivity contribution >= 4 is 5.91 Å². The lowest BCUT2D eigenvalue weighted by molar-refractivity contribution is -0.135. The van der Waals surface area contributed by atoms with Gasteiger partial charge in [0.25, 0.3) is 0 Å². The van der Waals surface area contributed by atoms with Crippen LogP contribution in [0.4, 0.5) is 0 Å². The number of methoxy groups -OCH3 is 1. The van der Waals surface area contributed by atoms with E-state index in [0.29, 0.717) is 6.54 Å². The minimum atomic E-state index is -0.0669. The zero-order chi connectivity index (χ0) is 15.2. The molecule has 0 radical (unpaired) electrons. The predicted molar refractivity (Wildman–Crippen MR) is 83.4 cm³/mol. The van der Waals surface area contributed by atoms with Crippen LogP contribution in [0.1, 0.15) is 12.5 Å². The molecular weight excluding hydrogens is 266 g/mol. The fourth-order valence-electron chi connectivity index (χ4n) is 2.67. The normalized spacial score (nSPS) is 17.3. The predicted octanol–water partition coefficient (Wildman–Crippen LogP) is 0.947. The van der Waals surface area contributed by atoms with Crippen LogP contribution in [0.25, 0.3) is 0 Å². The van der Waals surface area contributed by atoms with Crippen LogP contribution < -0.4 is 10.1 Å². The Hall–Kier alpha value is -1.59. The van der Waals surface area contributed by atoms with Crippen LogP contribution in [0.3, 0.4) is 0 Å². The average molecular weight is 291 g/mol. The van der Waals surface area contributed by atoms with Crippen molar-refractivity contribution in [3.63, 3.8) is 0 Å². The van der Waals surface area contributed by atoms with Gasteiger partial charge in [-0.1, -0.05) is 12.1 Å². The molecular formula is C16H25N3O2. The SMILES string of the molecule is COc1cccc(CN(C)C(=O)C(C)N2CCNCC2)c1. The second-order valence-electron chi connectivity index (χ2n) is 5.51. The Morgan fingerprint density at radius 2 is 2.14 bits per heavy atom. The summed E-state index contributed by atoms with van der Waals surface area (Å²) in [5.41, 5.74) is 1.08. The minimum absolute atomic E-state index is 0.0669. The van der Waals surface area contributed by atoms with Crippen LogP contribution >= 0.6 is 0 Å². The third kappa shape index (κ3) is 4.19. The van der Waals surface area contributed by atoms with Crippen molar-refractivity contribution in [2.45, 2.75) is 19.5 Å². The van der Waals surface area contributed by atoms with Crippen LogP contribution in [0.5, 0.6) is 5.75 Å². The molecule has 0 spiro atoms. The van der Waals surface area contributed by atoms with E-state index in [1.54, 1.807) is 12.0 Å². The summed E-state index contributed by atoms with van der Waals surface area (Å²) in [6.45, 7) is 6.37. The molecule has 5 nitrogen and oxygen atoms in total. The monoisotopic (exact) mass is 291 g/mol. The molecule has 21 heavy (non-hydrogen) atoms. The van der Waals surface area contributed by atoms with Crippen molar-refractivity contribution in [2.75, 3.05) is 40.3 Å². The van der Waals surface area contributed by atoms with E-state index in [0.717, 1.165) is 37.5 Å². The Morgan fingerprint density at radius 3 is 2.81 bits per heavy atom. The van der Waals surface area contributed by atoms with Gasteiger partial charge in [-0.2, -0.15) is 0 Å². The highest BCUT2D eigenvalue weighted by molar-refractivity contribution is 5.81. The van der Waals surface area contributed by atoms with E-state index in [1.165, 1.54) is 0 Å². The number of nitrogens with one attached hydrogen (secondary N) is 1. The molecule has 0 aromatic heterocycles. The quantitative estimate of drug-likeness (QED) is 0.877. The van der Waals surface area contributed by atoms with Gasteiger partial charge in [-0.05, 0) is 24.6 Å². The van der Waals surface area contributed by atoms with Gasteiger partial charge in [-0.25, -0.2) is 0 Å². The van der Waals surface area contributed by atoms with Gasteiger partial charge in [0.05, 0.1) is 13.2 Å². The summed E-state index contributed by atoms with van der Waals surface area (Å²) in [4.78, 5) is 16.6. The number of benzene rings is 1. The summed E-state index contributed by atoms with van der Waals surface area (Å²) in [7, 11) is 3.51. The lowest BCUT2D eigenvalue weighted by Gasteiger charge is -2.34. The summed E-state index contributed by atoms with van der Waals surface area (Å²) in [5, 5.41) is 3.31. The van der Waals surface area contributed by atoms with E-state index >= 15 is 0 Å². The maximum Gasteiger partial charge on any atom is 0.239 e. The van der Waals surface area contributed by atoms with Gasteiger partial charge in [0.2, 0.25) is 5.91 Å². The third-order valence-electron chi connectivity index (χ3n) is 3.99. The summed E-state index contributed by atoms with van der Waals surface area (Å²) in [5.74, 6) is 0.989. The summed E-state index contributed by atoms with van der Waals surface area (Å²) >= 11 is 0. The first-order chi connectivity index (χ1) is 10.1. The first-order valence-electron chi connectivity index (χ1n) is 7.44. The molecule has 0 bridgehead atoms. The molecule has 0 saturated carbocycles. The van der Waals surface area contributed by atoms with Gasteiger partial charge >= 0.3 is 0 Å². The highest BCUT2D eigenvalue weighted by atomic mass is 16.5. The standard InChI is InChI=1S/C16H25N3O2/c1-13(19-9-7-17-8-10-19)16(20)18(2)12-14-5-4-6-15(11-14)21-3/h4-6,11,13,17H,7-10,12H2,1-3H3. The van der Waals surface area contributed by atoms with Crippen LogP contribution in [0, 0.1) is 0 Å². The molecule has 1 aromatic rings. The van der Waals surface area contributed by atoms with Crippen LogP contribution in [-0.2, 0) is 11.3 Å². The molecule has 1 aliphatic rings. The van der Waals surface area contributed by atoms with E-state index < -0.39 is 0 Å². The number of carbonyl (C=O) groups excluding carboxylic acids is 1. The van der Waals surface area contributed by atoms with Crippen molar-refractivity contribution < 1.29 is 9.53 Å².